The summed E-state index contributed by atoms with van der Waals surface area (Å²) in [4.78, 5) is 26.0. The molecule has 0 radical (unpaired) electrons. The predicted octanol–water partition coefficient (Wildman–Crippen LogP) is 4.15. The van der Waals surface area contributed by atoms with Crippen molar-refractivity contribution in [1.29, 1.82) is 0 Å². The van der Waals surface area contributed by atoms with Gasteiger partial charge in [0.05, 0.1) is 17.9 Å². The number of rotatable bonds is 6. The van der Waals surface area contributed by atoms with Crippen LogP contribution >= 0.6 is 15.9 Å². The van der Waals surface area contributed by atoms with Gasteiger partial charge in [-0.3, -0.25) is 9.59 Å². The second-order valence-electron chi connectivity index (χ2n) is 5.80. The van der Waals surface area contributed by atoms with Gasteiger partial charge in [0, 0.05) is 11.0 Å². The van der Waals surface area contributed by atoms with E-state index in [1.807, 2.05) is 43.3 Å². The van der Waals surface area contributed by atoms with E-state index >= 15 is 0 Å². The standard InChI is InChI=1S/C19H18BrNO3/c1-13-11-15-17(16(20)12-13)21(19(23)18(15)22)9-5-6-10-24-14-7-3-2-4-8-14/h2-4,7-8,11-12H,5-6,9-10H2,1H3. The number of amides is 1. The maximum absolute atomic E-state index is 12.2. The van der Waals surface area contributed by atoms with Gasteiger partial charge in [-0.2, -0.15) is 0 Å². The third-order valence-electron chi connectivity index (χ3n) is 3.95. The van der Waals surface area contributed by atoms with E-state index in [0.717, 1.165) is 28.6 Å². The number of halogens is 1. The summed E-state index contributed by atoms with van der Waals surface area (Å²) >= 11 is 3.48. The molecule has 5 heteroatoms. The van der Waals surface area contributed by atoms with Gasteiger partial charge < -0.3 is 9.64 Å². The van der Waals surface area contributed by atoms with Gasteiger partial charge in [0.2, 0.25) is 0 Å². The Labute approximate surface area is 149 Å². The van der Waals surface area contributed by atoms with Gasteiger partial charge in [-0.15, -0.1) is 0 Å². The van der Waals surface area contributed by atoms with Gasteiger partial charge >= 0.3 is 0 Å². The average Bonchev–Trinajstić information content (AvgIpc) is 2.80. The minimum atomic E-state index is -0.444. The number of nitrogens with zero attached hydrogens (tertiary/aromatic N) is 1. The summed E-state index contributed by atoms with van der Waals surface area (Å²) in [7, 11) is 0. The van der Waals surface area contributed by atoms with Crippen LogP contribution in [0.25, 0.3) is 0 Å². The molecule has 0 N–H and O–H groups in total. The highest BCUT2D eigenvalue weighted by Gasteiger charge is 2.37. The van der Waals surface area contributed by atoms with E-state index in [4.69, 9.17) is 4.74 Å². The maximum atomic E-state index is 12.2. The molecule has 0 fully saturated rings. The van der Waals surface area contributed by atoms with Crippen LogP contribution < -0.4 is 9.64 Å². The summed E-state index contributed by atoms with van der Waals surface area (Å²) in [6, 6.07) is 13.3. The summed E-state index contributed by atoms with van der Waals surface area (Å²) in [5.74, 6) is -0.0243. The molecule has 24 heavy (non-hydrogen) atoms. The molecular formula is C19H18BrNO3. The van der Waals surface area contributed by atoms with Crippen LogP contribution in [0.15, 0.2) is 46.9 Å². The van der Waals surface area contributed by atoms with Crippen molar-refractivity contribution in [2.75, 3.05) is 18.1 Å². The zero-order valence-corrected chi connectivity index (χ0v) is 15.0. The highest BCUT2D eigenvalue weighted by molar-refractivity contribution is 9.10. The largest absolute Gasteiger partial charge is 0.494 e. The lowest BCUT2D eigenvalue weighted by molar-refractivity contribution is -0.114. The van der Waals surface area contributed by atoms with Crippen molar-refractivity contribution in [1.82, 2.24) is 0 Å². The molecule has 0 bridgehead atoms. The Morgan fingerprint density at radius 1 is 1.08 bits per heavy atom. The lowest BCUT2D eigenvalue weighted by Gasteiger charge is -2.18. The minimum Gasteiger partial charge on any atom is -0.494 e. The Kier molecular flexibility index (Phi) is 5.00. The third-order valence-corrected chi connectivity index (χ3v) is 4.55. The van der Waals surface area contributed by atoms with E-state index in [1.54, 1.807) is 11.0 Å². The molecule has 1 heterocycles. The number of hydrogen-bond donors (Lipinski definition) is 0. The summed E-state index contributed by atoms with van der Waals surface area (Å²) in [5.41, 5.74) is 2.15. The van der Waals surface area contributed by atoms with E-state index in [2.05, 4.69) is 15.9 Å². The topological polar surface area (TPSA) is 46.6 Å². The molecule has 0 unspecified atom stereocenters. The van der Waals surface area contributed by atoms with Crippen molar-refractivity contribution in [2.24, 2.45) is 0 Å². The van der Waals surface area contributed by atoms with Crippen LogP contribution in [0.3, 0.4) is 0 Å². The number of Topliss-reactive ketones (excluding diaryl/α,β-unsaturated/α-hetero) is 1. The fraction of sp³-hybridized carbons (Fsp3) is 0.263. The second kappa shape index (κ2) is 7.18. The number of benzene rings is 2. The van der Waals surface area contributed by atoms with Crippen molar-refractivity contribution in [3.05, 3.63) is 58.1 Å². The second-order valence-corrected chi connectivity index (χ2v) is 6.65. The zero-order chi connectivity index (χ0) is 17.1. The number of aryl methyl sites for hydroxylation is 1. The molecule has 0 aliphatic carbocycles. The van der Waals surface area contributed by atoms with Crippen molar-refractivity contribution < 1.29 is 14.3 Å². The number of ether oxygens (including phenoxy) is 1. The summed E-state index contributed by atoms with van der Waals surface area (Å²) < 4.78 is 6.44. The van der Waals surface area contributed by atoms with Crippen LogP contribution in [-0.4, -0.2) is 24.8 Å². The fourth-order valence-electron chi connectivity index (χ4n) is 2.81. The van der Waals surface area contributed by atoms with Crippen molar-refractivity contribution >= 4 is 33.3 Å². The smallest absolute Gasteiger partial charge is 0.299 e. The molecule has 0 saturated carbocycles. The van der Waals surface area contributed by atoms with Crippen LogP contribution in [0.4, 0.5) is 5.69 Å². The van der Waals surface area contributed by atoms with Gasteiger partial charge in [0.25, 0.3) is 11.7 Å². The number of carbonyl (C=O) groups excluding carboxylic acids is 2. The van der Waals surface area contributed by atoms with Crippen molar-refractivity contribution in [3.63, 3.8) is 0 Å². The molecule has 4 nitrogen and oxygen atoms in total. The number of hydrogen-bond acceptors (Lipinski definition) is 3. The molecular weight excluding hydrogens is 370 g/mol. The van der Waals surface area contributed by atoms with Gasteiger partial charge in [0.15, 0.2) is 0 Å². The van der Waals surface area contributed by atoms with Crippen LogP contribution in [0.1, 0.15) is 28.8 Å². The zero-order valence-electron chi connectivity index (χ0n) is 13.4. The monoisotopic (exact) mass is 387 g/mol. The van der Waals surface area contributed by atoms with Gasteiger partial charge in [0.1, 0.15) is 5.75 Å². The number of fused-ring (bicyclic) bond motifs is 1. The molecule has 1 amide bonds. The van der Waals surface area contributed by atoms with Crippen molar-refractivity contribution in [3.8, 4) is 5.75 Å². The fourth-order valence-corrected chi connectivity index (χ4v) is 3.60. The van der Waals surface area contributed by atoms with E-state index in [9.17, 15) is 9.59 Å². The molecule has 0 spiro atoms. The first-order valence-corrected chi connectivity index (χ1v) is 8.71. The summed E-state index contributed by atoms with van der Waals surface area (Å²) in [5, 5.41) is 0. The van der Waals surface area contributed by atoms with E-state index in [0.29, 0.717) is 24.4 Å². The minimum absolute atomic E-state index is 0.421. The molecule has 0 aromatic heterocycles. The van der Waals surface area contributed by atoms with Crippen LogP contribution in [-0.2, 0) is 4.79 Å². The number of para-hydroxylation sites is 1. The maximum Gasteiger partial charge on any atom is 0.299 e. The van der Waals surface area contributed by atoms with E-state index < -0.39 is 11.7 Å². The van der Waals surface area contributed by atoms with E-state index in [1.165, 1.54) is 0 Å². The van der Waals surface area contributed by atoms with E-state index in [-0.39, 0.29) is 0 Å². The first-order valence-electron chi connectivity index (χ1n) is 7.92. The number of ketones is 1. The van der Waals surface area contributed by atoms with Crippen molar-refractivity contribution in [2.45, 2.75) is 19.8 Å². The predicted molar refractivity (Wildman–Crippen MR) is 96.7 cm³/mol. The Hall–Kier alpha value is -2.14. The lowest BCUT2D eigenvalue weighted by Crippen LogP contribution is -2.31. The van der Waals surface area contributed by atoms with Gasteiger partial charge in [-0.1, -0.05) is 18.2 Å². The number of unbranched alkanes of at least 4 members (excludes halogenated alkanes) is 1. The normalized spacial score (nSPS) is 13.3. The summed E-state index contributed by atoms with van der Waals surface area (Å²) in [6.07, 6.45) is 1.58. The Morgan fingerprint density at radius 3 is 2.58 bits per heavy atom. The highest BCUT2D eigenvalue weighted by Crippen LogP contribution is 2.37. The quantitative estimate of drug-likeness (QED) is 0.552. The average molecular weight is 388 g/mol. The summed E-state index contributed by atoms with van der Waals surface area (Å²) in [6.45, 7) is 3.01. The van der Waals surface area contributed by atoms with Crippen LogP contribution in [0.2, 0.25) is 0 Å². The highest BCUT2D eigenvalue weighted by atomic mass is 79.9. The molecule has 0 atom stereocenters. The molecule has 0 saturated heterocycles. The molecule has 124 valence electrons. The molecule has 2 aromatic rings. The van der Waals surface area contributed by atoms with Gasteiger partial charge in [-0.25, -0.2) is 0 Å². The Balaban J connectivity index is 1.58. The third kappa shape index (κ3) is 3.36. The lowest BCUT2D eigenvalue weighted by atomic mass is 10.1. The first kappa shape index (κ1) is 16.7. The molecule has 1 aliphatic rings. The number of carbonyl (C=O) groups is 2. The first-order chi connectivity index (χ1) is 11.6. The Morgan fingerprint density at radius 2 is 1.83 bits per heavy atom. The SMILES string of the molecule is Cc1cc(Br)c2c(c1)C(=O)C(=O)N2CCCCOc1ccccc1. The van der Waals surface area contributed by atoms with Gasteiger partial charge in [-0.05, 0) is 65.5 Å². The molecule has 2 aromatic carbocycles. The number of anilines is 1. The van der Waals surface area contributed by atoms with Crippen LogP contribution in [0.5, 0.6) is 5.75 Å². The van der Waals surface area contributed by atoms with Crippen LogP contribution in [0, 0.1) is 6.92 Å². The Bertz CT molecular complexity index is 774. The molecule has 1 aliphatic heterocycles. The molecule has 3 rings (SSSR count).